The fraction of sp³-hybridized carbons (Fsp3) is 0.305. The second-order valence-electron chi connectivity index (χ2n) is 28.7. The molecule has 0 radical (unpaired) electrons. The Kier molecular flexibility index (Phi) is 48.6. The van der Waals surface area contributed by atoms with Crippen molar-refractivity contribution in [3.05, 3.63) is 207 Å². The van der Waals surface area contributed by atoms with Crippen molar-refractivity contribution in [1.29, 1.82) is 0 Å². The second-order valence-corrected chi connectivity index (χ2v) is 30.1. The molecular formula is C95H99Cl4N18NaO20. The van der Waals surface area contributed by atoms with Gasteiger partial charge in [0.25, 0.3) is 0 Å². The molecule has 0 amide bonds. The van der Waals surface area contributed by atoms with Gasteiger partial charge in [-0.05, 0) is 216 Å². The minimum atomic E-state index is -0.107. The first-order valence-electron chi connectivity index (χ1n) is 41.5. The Morgan fingerprint density at radius 1 is 0.355 bits per heavy atom. The largest absolute Gasteiger partial charge is 1.00 e. The van der Waals surface area contributed by atoms with Gasteiger partial charge in [0.15, 0.2) is 57.5 Å². The SMILES string of the molecule is COc1ccc(-c2c[c-]nc(Cl)n2)cc1OC.COc1ccc(-c2cc(C)nc(Cl)n2)cc1OC.COc1ccc(-c2cc(C)nc(N3CCCC3)n2)cc1OC.COc1ccc(-c2cc(CO)nc(N3CCCC3)n2)cc1OC.COc1ccc(-c2cc(COc3nc(N(C)C)c4ccccc4n3)nc(N3CCCC3)n2)cc1OC.Cc1cc(Cl)nc(Cl)n1.O=C=O.O=C=O.O=C=O.O=C=O.[Na+]. The van der Waals surface area contributed by atoms with Crippen molar-refractivity contribution in [2.45, 2.75) is 72.5 Å². The maximum Gasteiger partial charge on any atom is 1.00 e. The first-order valence-corrected chi connectivity index (χ1v) is 43.0. The van der Waals surface area contributed by atoms with Gasteiger partial charge in [0, 0.05) is 98.1 Å². The van der Waals surface area contributed by atoms with Gasteiger partial charge in [0.05, 0.1) is 117 Å². The zero-order valence-electron chi connectivity index (χ0n) is 78.6. The van der Waals surface area contributed by atoms with Crippen LogP contribution >= 0.6 is 46.4 Å². The van der Waals surface area contributed by atoms with E-state index >= 15 is 0 Å². The molecule has 3 saturated heterocycles. The number of ether oxygens (including phenoxy) is 11. The molecule has 16 rings (SSSR count). The maximum absolute atomic E-state index is 9.51. The Bertz CT molecular complexity index is 6130. The van der Waals surface area contributed by atoms with Gasteiger partial charge in [-0.15, -0.1) is 17.7 Å². The topological polar surface area (TPSA) is 452 Å². The van der Waals surface area contributed by atoms with Crippen LogP contribution in [0.4, 0.5) is 23.7 Å². The molecule has 38 nitrogen and oxygen atoms in total. The number of aliphatic hydroxyl groups excluding tert-OH is 1. The zero-order chi connectivity index (χ0) is 99.9. The van der Waals surface area contributed by atoms with E-state index < -0.39 is 0 Å². The van der Waals surface area contributed by atoms with Crippen molar-refractivity contribution in [2.75, 3.05) is 144 Å². The quantitative estimate of drug-likeness (QED) is 0.0269. The Hall–Kier alpha value is -14.2. The summed E-state index contributed by atoms with van der Waals surface area (Å²) in [6.45, 7) is 11.7. The summed E-state index contributed by atoms with van der Waals surface area (Å²) in [5, 5.41) is 11.5. The van der Waals surface area contributed by atoms with Crippen molar-refractivity contribution < 1.29 is 125 Å². The molecule has 3 fully saturated rings. The Balaban J connectivity index is 0.000000256. The van der Waals surface area contributed by atoms with Gasteiger partial charge in [-0.1, -0.05) is 41.6 Å². The molecule has 0 spiro atoms. The summed E-state index contributed by atoms with van der Waals surface area (Å²) >= 11 is 22.5. The molecule has 43 heteroatoms. The van der Waals surface area contributed by atoms with E-state index in [1.54, 1.807) is 96.2 Å². The first kappa shape index (κ1) is 113. The Labute approximate surface area is 838 Å². The molecule has 0 atom stereocenters. The third-order valence-electron chi connectivity index (χ3n) is 19.6. The number of halogens is 4. The van der Waals surface area contributed by atoms with Crippen molar-refractivity contribution in [3.8, 4) is 120 Å². The molecule has 0 aliphatic carbocycles. The minimum Gasteiger partial charge on any atom is -0.493 e. The van der Waals surface area contributed by atoms with Crippen LogP contribution in [-0.2, 0) is 51.6 Å². The Morgan fingerprint density at radius 2 is 0.674 bits per heavy atom. The molecule has 13 aromatic rings. The molecule has 1 N–H and O–H groups in total. The number of rotatable bonds is 23. The van der Waals surface area contributed by atoms with Gasteiger partial charge in [0.2, 0.25) is 28.4 Å². The average Bonchev–Trinajstić information content (AvgIpc) is 1.02. The number of aliphatic hydroxyl groups is 1. The van der Waals surface area contributed by atoms with Crippen LogP contribution in [0.5, 0.6) is 63.5 Å². The Morgan fingerprint density at radius 3 is 1.02 bits per heavy atom. The predicted octanol–water partition coefficient (Wildman–Crippen LogP) is 12.2. The monoisotopic (exact) mass is 1970 g/mol. The predicted molar refractivity (Wildman–Crippen MR) is 506 cm³/mol. The number of carbonyl (C=O) groups excluding carboxylic acids is 8. The van der Waals surface area contributed by atoms with E-state index in [4.69, 9.17) is 152 Å². The standard InChI is InChI=1S/C27H30N6O3.C17H21N3O3.C17H21N3O2.C13H13ClN2O2.C12H10ClN2O2.C5H4Cl2N2.4CO2.Na/c1-32(2)25-20-9-5-6-10-21(20)30-27(31-25)36-17-19-16-22(29-26(28-19)33-13-7-8-14-33)18-11-12-23(34-3)24(15-18)35-4;1-22-15-6-5-12(9-16(15)23-2)14-10-13(11-21)18-17(19-14)20-7-3-4-8-20;1-12-10-14(19-17(18-12)20-8-4-5-9-20)13-6-7-15(21-2)16(11-13)22-3;1-8-6-10(16-13(14)15-8)9-4-5-11(17-2)12(7-9)18-3;1-16-10-4-3-8(7-11(10)17-2)9-5-6-14-12(13)15-9;1-3-2-4(6)9-5(7)8-3;4*2-1-3;/h5-6,9-12,15-16H,7-8,13-14,17H2,1-4H3;5-6,9-10,21H,3-4,7-8,11H2,1-2H3;6-7,10-11H,4-5,8-9H2,1-3H3;4-7H,1-3H3;3-5,7H,1-2H3;2H,1H3;;;;;/q;;;;-1;;;;;;+1. The molecule has 718 valence electrons. The summed E-state index contributed by atoms with van der Waals surface area (Å²) < 4.78 is 59.1. The van der Waals surface area contributed by atoms with Crippen LogP contribution in [0, 0.1) is 27.0 Å². The zero-order valence-corrected chi connectivity index (χ0v) is 83.6. The van der Waals surface area contributed by atoms with E-state index in [0.29, 0.717) is 86.2 Å². The molecule has 3 aliphatic heterocycles. The number of anilines is 4. The number of para-hydroxylation sites is 1. The summed E-state index contributed by atoms with van der Waals surface area (Å²) in [5.41, 5.74) is 13.3. The molecule has 7 aromatic heterocycles. The van der Waals surface area contributed by atoms with Gasteiger partial charge >= 0.3 is 60.2 Å². The number of nitrogens with zero attached hydrogens (tertiary/aromatic N) is 18. The number of aryl methyl sites for hydroxylation is 3. The summed E-state index contributed by atoms with van der Waals surface area (Å²) in [6.07, 6.45) is 10.7. The van der Waals surface area contributed by atoms with E-state index in [0.717, 1.165) is 167 Å². The van der Waals surface area contributed by atoms with E-state index in [1.807, 2.05) is 166 Å². The third-order valence-corrected chi connectivity index (χ3v) is 20.3. The number of benzene rings is 6. The fourth-order valence-electron chi connectivity index (χ4n) is 13.5. The van der Waals surface area contributed by atoms with Crippen molar-refractivity contribution in [3.63, 3.8) is 0 Å². The van der Waals surface area contributed by atoms with Crippen LogP contribution in [0.25, 0.3) is 67.2 Å². The van der Waals surface area contributed by atoms with E-state index in [9.17, 15) is 5.11 Å². The van der Waals surface area contributed by atoms with Crippen molar-refractivity contribution >= 4 is 106 Å². The van der Waals surface area contributed by atoms with E-state index in [-0.39, 0.29) is 83.2 Å². The second kappa shape index (κ2) is 59.6. The molecular weight excluding hydrogens is 1880 g/mol. The smallest absolute Gasteiger partial charge is 0.493 e. The molecule has 6 aromatic carbocycles. The van der Waals surface area contributed by atoms with Crippen LogP contribution < -0.4 is 101 Å². The van der Waals surface area contributed by atoms with Crippen LogP contribution in [0.3, 0.4) is 0 Å². The van der Waals surface area contributed by atoms with Gasteiger partial charge in [-0.2, -0.15) is 48.3 Å². The number of aromatic nitrogens is 14. The summed E-state index contributed by atoms with van der Waals surface area (Å²) in [4.78, 5) is 134. The van der Waals surface area contributed by atoms with Crippen LogP contribution in [0.1, 0.15) is 67.0 Å². The van der Waals surface area contributed by atoms with Gasteiger partial charge in [-0.3, -0.25) is 0 Å². The molecule has 10 heterocycles. The number of methoxy groups -OCH3 is 10. The average molecular weight is 1980 g/mol. The maximum atomic E-state index is 9.51. The van der Waals surface area contributed by atoms with Gasteiger partial charge in [-0.25, -0.2) is 49.8 Å². The molecule has 0 unspecified atom stereocenters. The van der Waals surface area contributed by atoms with Gasteiger partial charge < -0.3 is 86.8 Å². The molecule has 0 saturated carbocycles. The van der Waals surface area contributed by atoms with Crippen LogP contribution in [0.15, 0.2) is 152 Å². The summed E-state index contributed by atoms with van der Waals surface area (Å²) in [5.74, 6) is 9.72. The molecule has 0 bridgehead atoms. The van der Waals surface area contributed by atoms with Gasteiger partial charge in [0.1, 0.15) is 22.9 Å². The minimum absolute atomic E-state index is 0. The van der Waals surface area contributed by atoms with Crippen LogP contribution in [0.2, 0.25) is 21.0 Å². The number of hydrogen-bond donors (Lipinski definition) is 1. The molecule has 138 heavy (non-hydrogen) atoms. The molecule has 3 aliphatic rings. The fourth-order valence-corrected chi connectivity index (χ4v) is 14.4. The van der Waals surface area contributed by atoms with E-state index in [2.05, 4.69) is 75.7 Å². The van der Waals surface area contributed by atoms with Crippen LogP contribution in [-0.4, -0.2) is 224 Å². The third kappa shape index (κ3) is 34.2. The van der Waals surface area contributed by atoms with Crippen molar-refractivity contribution in [2.24, 2.45) is 0 Å². The van der Waals surface area contributed by atoms with E-state index in [1.165, 1.54) is 12.8 Å². The first-order chi connectivity index (χ1) is 66.2. The van der Waals surface area contributed by atoms with Crippen molar-refractivity contribution in [1.82, 2.24) is 69.8 Å². The normalized spacial score (nSPS) is 11.5. The summed E-state index contributed by atoms with van der Waals surface area (Å²) in [7, 11) is 20.0. The number of hydrogen-bond acceptors (Lipinski definition) is 38. The number of fused-ring (bicyclic) bond motifs is 1. The summed E-state index contributed by atoms with van der Waals surface area (Å²) in [6, 6.07) is 47.5.